The Balaban J connectivity index is 1.24. The minimum Gasteiger partial charge on any atom is -0.477 e. The Hall–Kier alpha value is -4.20. The number of furan rings is 2. The molecule has 2 aromatic heterocycles. The van der Waals surface area contributed by atoms with Gasteiger partial charge in [0.25, 0.3) is 11.8 Å². The number of aliphatic carboxylic acids is 1. The molecule has 0 aliphatic carbocycles. The summed E-state index contributed by atoms with van der Waals surface area (Å²) >= 11 is 2.60. The zero-order valence-corrected chi connectivity index (χ0v) is 22.5. The van der Waals surface area contributed by atoms with E-state index < -0.39 is 29.2 Å². The molecule has 11 nitrogen and oxygen atoms in total. The van der Waals surface area contributed by atoms with E-state index in [1.807, 2.05) is 30.3 Å². The molecule has 2 aliphatic heterocycles. The second-order valence-corrected chi connectivity index (χ2v) is 11.2. The maximum Gasteiger partial charge on any atom is 0.353 e. The molecule has 1 saturated heterocycles. The number of nitrogens with one attached hydrogen (secondary N) is 1. The van der Waals surface area contributed by atoms with Gasteiger partial charge in [0.2, 0.25) is 5.71 Å². The van der Waals surface area contributed by atoms with Gasteiger partial charge in [-0.05, 0) is 42.0 Å². The molecule has 0 radical (unpaired) electrons. The monoisotopic (exact) mass is 579 g/mol. The van der Waals surface area contributed by atoms with E-state index in [1.165, 1.54) is 47.9 Å². The summed E-state index contributed by atoms with van der Waals surface area (Å²) in [5.41, 5.74) is 1.76. The zero-order chi connectivity index (χ0) is 28.0. The lowest BCUT2D eigenvalue weighted by molar-refractivity contribution is -0.150. The van der Waals surface area contributed by atoms with Gasteiger partial charge in [0.15, 0.2) is 5.76 Å². The van der Waals surface area contributed by atoms with E-state index in [9.17, 15) is 24.6 Å². The number of carboxylic acids is 1. The van der Waals surface area contributed by atoms with E-state index in [1.54, 1.807) is 12.1 Å². The van der Waals surface area contributed by atoms with Crippen molar-refractivity contribution in [3.8, 4) is 0 Å². The van der Waals surface area contributed by atoms with E-state index in [-0.39, 0.29) is 23.8 Å². The van der Waals surface area contributed by atoms with Gasteiger partial charge in [0.1, 0.15) is 35.4 Å². The van der Waals surface area contributed by atoms with Crippen molar-refractivity contribution in [2.75, 3.05) is 12.9 Å². The number of hydrogen-bond acceptors (Lipinski definition) is 10. The molecule has 4 aromatic rings. The fraction of sp³-hybridized carbons (Fsp3) is 0.185. The lowest BCUT2D eigenvalue weighted by atomic mass is 10.0. The number of thioether (sulfide) groups is 2. The number of β-lactam (4-membered cyclic amide) rings is 1. The first-order valence-corrected chi connectivity index (χ1v) is 13.9. The lowest BCUT2D eigenvalue weighted by Gasteiger charge is -2.49. The van der Waals surface area contributed by atoms with Crippen LogP contribution in [0.15, 0.2) is 84.3 Å². The highest BCUT2D eigenvalue weighted by Gasteiger charge is 2.54. The van der Waals surface area contributed by atoms with Crippen LogP contribution in [0.2, 0.25) is 0 Å². The fourth-order valence-electron chi connectivity index (χ4n) is 4.69. The minimum atomic E-state index is -1.23. The smallest absolute Gasteiger partial charge is 0.353 e. The SMILES string of the molecule is CO/N=C(\C(=O)N[C@@H]1C(=O)N2C(C(=O)O)=C(Sc3ccc4c(c3)oc3cc(CO)ccc34)CS[C@H]12)c1ccco1. The van der Waals surface area contributed by atoms with E-state index >= 15 is 0 Å². The molecule has 0 bridgehead atoms. The standard InChI is InChI=1S/C27H21N3O8S2/c1-36-29-21(17-3-2-8-37-17)24(32)28-22-25(33)30-23(27(34)35)20(12-39-26(22)30)40-14-5-7-16-15-6-4-13(11-31)9-18(15)38-19(16)10-14/h2-10,22,26,31H,11-12H2,1H3,(H,28,32)(H,34,35)/b29-21-/t22-,26-/m1/s1. The second kappa shape index (κ2) is 10.4. The number of nitrogens with zero attached hydrogens (tertiary/aromatic N) is 2. The summed E-state index contributed by atoms with van der Waals surface area (Å²) in [7, 11) is 1.28. The fourth-order valence-corrected chi connectivity index (χ4v) is 7.19. The number of oxime groups is 1. The minimum absolute atomic E-state index is 0.0927. The molecule has 2 amide bonds. The molecule has 0 spiro atoms. The number of aliphatic hydroxyl groups is 1. The summed E-state index contributed by atoms with van der Waals surface area (Å²) in [6, 6.07) is 13.3. The Morgan fingerprint density at radius 3 is 2.67 bits per heavy atom. The first-order chi connectivity index (χ1) is 19.4. The Morgan fingerprint density at radius 1 is 1.20 bits per heavy atom. The van der Waals surface area contributed by atoms with Gasteiger partial charge in [-0.2, -0.15) is 0 Å². The van der Waals surface area contributed by atoms with E-state index in [0.717, 1.165) is 21.2 Å². The van der Waals surface area contributed by atoms with Crippen LogP contribution in [0.3, 0.4) is 0 Å². The number of carbonyl (C=O) groups excluding carboxylic acids is 2. The first-order valence-electron chi connectivity index (χ1n) is 12.0. The third-order valence-corrected chi connectivity index (χ3v) is 9.04. The van der Waals surface area contributed by atoms with E-state index in [0.29, 0.717) is 21.8 Å². The van der Waals surface area contributed by atoms with Crippen molar-refractivity contribution in [1.82, 2.24) is 10.2 Å². The van der Waals surface area contributed by atoms with Gasteiger partial charge in [-0.15, -0.1) is 11.8 Å². The van der Waals surface area contributed by atoms with Gasteiger partial charge >= 0.3 is 5.97 Å². The van der Waals surface area contributed by atoms with Crippen LogP contribution >= 0.6 is 23.5 Å². The maximum atomic E-state index is 13.1. The van der Waals surface area contributed by atoms with Crippen LogP contribution in [-0.2, 0) is 25.8 Å². The topological polar surface area (TPSA) is 155 Å². The highest BCUT2D eigenvalue weighted by Crippen LogP contribution is 2.45. The third-order valence-electron chi connectivity index (χ3n) is 6.51. The third kappa shape index (κ3) is 4.41. The molecule has 2 aliphatic rings. The lowest BCUT2D eigenvalue weighted by Crippen LogP contribution is -2.71. The molecule has 204 valence electrons. The molecule has 6 rings (SSSR count). The van der Waals surface area contributed by atoms with Gasteiger partial charge in [0.05, 0.1) is 12.9 Å². The van der Waals surface area contributed by atoms with Crippen molar-refractivity contribution >= 4 is 69.0 Å². The average molecular weight is 580 g/mol. The number of carbonyl (C=O) groups is 3. The molecule has 13 heteroatoms. The van der Waals surface area contributed by atoms with Gasteiger partial charge in [-0.3, -0.25) is 14.5 Å². The number of fused-ring (bicyclic) bond motifs is 4. The molecule has 1 fully saturated rings. The Kier molecular flexibility index (Phi) is 6.78. The van der Waals surface area contributed by atoms with Crippen molar-refractivity contribution in [1.29, 1.82) is 0 Å². The van der Waals surface area contributed by atoms with Gasteiger partial charge < -0.3 is 29.2 Å². The van der Waals surface area contributed by atoms with Gasteiger partial charge in [-0.25, -0.2) is 4.79 Å². The number of rotatable bonds is 8. The summed E-state index contributed by atoms with van der Waals surface area (Å²) in [5, 5.41) is 27.0. The number of benzene rings is 2. The summed E-state index contributed by atoms with van der Waals surface area (Å²) in [4.78, 5) is 45.5. The zero-order valence-electron chi connectivity index (χ0n) is 20.8. The molecule has 0 unspecified atom stereocenters. The van der Waals surface area contributed by atoms with Crippen LogP contribution in [0, 0.1) is 0 Å². The molecule has 40 heavy (non-hydrogen) atoms. The molecule has 4 heterocycles. The van der Waals surface area contributed by atoms with Crippen molar-refractivity contribution < 1.29 is 38.3 Å². The molecule has 3 N–H and O–H groups in total. The molecular formula is C27H21N3O8S2. The first kappa shape index (κ1) is 26.0. The normalized spacial score (nSPS) is 19.1. The van der Waals surface area contributed by atoms with Crippen LogP contribution in [0.1, 0.15) is 11.3 Å². The highest BCUT2D eigenvalue weighted by atomic mass is 32.2. The number of amides is 2. The summed E-state index contributed by atoms with van der Waals surface area (Å²) in [6.45, 7) is -0.0927. The van der Waals surface area contributed by atoms with Crippen LogP contribution in [-0.4, -0.2) is 62.9 Å². The van der Waals surface area contributed by atoms with Crippen LogP contribution < -0.4 is 5.32 Å². The largest absolute Gasteiger partial charge is 0.477 e. The molecular weight excluding hydrogens is 558 g/mol. The number of aliphatic hydroxyl groups excluding tert-OH is 1. The predicted octanol–water partition coefficient (Wildman–Crippen LogP) is 3.51. The van der Waals surface area contributed by atoms with Gasteiger partial charge in [-0.1, -0.05) is 29.1 Å². The van der Waals surface area contributed by atoms with E-state index in [4.69, 9.17) is 13.7 Å². The van der Waals surface area contributed by atoms with Crippen molar-refractivity contribution in [3.63, 3.8) is 0 Å². The number of carboxylic acid groups (broad SMARTS) is 1. The summed E-state index contributed by atoms with van der Waals surface area (Å²) < 4.78 is 11.2. The van der Waals surface area contributed by atoms with E-state index in [2.05, 4.69) is 10.5 Å². The quantitative estimate of drug-likeness (QED) is 0.160. The summed E-state index contributed by atoms with van der Waals surface area (Å²) in [6.07, 6.45) is 1.38. The van der Waals surface area contributed by atoms with Crippen molar-refractivity contribution in [2.24, 2.45) is 5.16 Å². The van der Waals surface area contributed by atoms with Crippen molar-refractivity contribution in [2.45, 2.75) is 22.9 Å². The predicted molar refractivity (Wildman–Crippen MR) is 147 cm³/mol. The maximum absolute atomic E-state index is 13.1. The second-order valence-electron chi connectivity index (χ2n) is 8.89. The Morgan fingerprint density at radius 2 is 1.98 bits per heavy atom. The van der Waals surface area contributed by atoms with Crippen LogP contribution in [0.4, 0.5) is 0 Å². The summed E-state index contributed by atoms with van der Waals surface area (Å²) in [5.74, 6) is -1.96. The molecule has 2 aromatic carbocycles. The average Bonchev–Trinajstić information content (AvgIpc) is 3.61. The molecule has 0 saturated carbocycles. The Bertz CT molecular complexity index is 1730. The number of hydrogen-bond donors (Lipinski definition) is 3. The van der Waals surface area contributed by atoms with Crippen LogP contribution in [0.5, 0.6) is 0 Å². The molecule has 2 atom stereocenters. The highest BCUT2D eigenvalue weighted by molar-refractivity contribution is 8.06. The van der Waals surface area contributed by atoms with Crippen molar-refractivity contribution in [3.05, 3.63) is 76.7 Å². The van der Waals surface area contributed by atoms with Crippen LogP contribution in [0.25, 0.3) is 21.9 Å². The Labute approximate surface area is 234 Å². The van der Waals surface area contributed by atoms with Gasteiger partial charge in [0, 0.05) is 26.3 Å².